The number of benzene rings is 3. The van der Waals surface area contributed by atoms with E-state index in [1.54, 1.807) is 0 Å². The SMILES string of the molecule is CS(=O)(=O)OC[C@H]1O[C@@H]1[Si](c1ccccc1)(c1ccccc1)c1ccccc1. The van der Waals surface area contributed by atoms with Crippen molar-refractivity contribution in [3.05, 3.63) is 91.0 Å². The summed E-state index contributed by atoms with van der Waals surface area (Å²) in [6, 6.07) is 31.3. The molecule has 144 valence electrons. The van der Waals surface area contributed by atoms with E-state index in [1.807, 2.05) is 54.6 Å². The predicted molar refractivity (Wildman–Crippen MR) is 113 cm³/mol. The topological polar surface area (TPSA) is 55.9 Å². The summed E-state index contributed by atoms with van der Waals surface area (Å²) in [6.45, 7) is 0.0464. The van der Waals surface area contributed by atoms with Gasteiger partial charge in [0.1, 0.15) is 6.10 Å². The van der Waals surface area contributed by atoms with Crippen molar-refractivity contribution in [3.8, 4) is 0 Å². The molecular formula is C22H22O4SSi. The maximum absolute atomic E-state index is 11.5. The van der Waals surface area contributed by atoms with Gasteiger partial charge in [-0.25, -0.2) is 0 Å². The van der Waals surface area contributed by atoms with Crippen LogP contribution in [0.3, 0.4) is 0 Å². The third-order valence-corrected chi connectivity index (χ3v) is 10.8. The summed E-state index contributed by atoms with van der Waals surface area (Å²) in [5.74, 6) is 0. The van der Waals surface area contributed by atoms with Gasteiger partial charge in [0.05, 0.1) is 18.6 Å². The predicted octanol–water partition coefficient (Wildman–Crippen LogP) is 1.44. The average molecular weight is 411 g/mol. The van der Waals surface area contributed by atoms with Crippen molar-refractivity contribution in [1.82, 2.24) is 0 Å². The zero-order chi connectivity index (χ0) is 19.6. The molecule has 0 radical (unpaired) electrons. The molecule has 0 N–H and O–H groups in total. The van der Waals surface area contributed by atoms with Crippen LogP contribution in [0.4, 0.5) is 0 Å². The van der Waals surface area contributed by atoms with E-state index in [1.165, 1.54) is 15.6 Å². The minimum atomic E-state index is -3.51. The highest BCUT2D eigenvalue weighted by atomic mass is 32.2. The van der Waals surface area contributed by atoms with Gasteiger partial charge in [-0.15, -0.1) is 0 Å². The average Bonchev–Trinajstić information content (AvgIpc) is 3.49. The maximum atomic E-state index is 11.5. The Morgan fingerprint density at radius 3 is 1.54 bits per heavy atom. The molecule has 0 spiro atoms. The molecule has 0 saturated carbocycles. The van der Waals surface area contributed by atoms with E-state index in [-0.39, 0.29) is 18.4 Å². The molecule has 4 rings (SSSR count). The van der Waals surface area contributed by atoms with Gasteiger partial charge in [-0.1, -0.05) is 91.0 Å². The van der Waals surface area contributed by atoms with Crippen LogP contribution >= 0.6 is 0 Å². The van der Waals surface area contributed by atoms with Gasteiger partial charge in [-0.2, -0.15) is 8.42 Å². The highest BCUT2D eigenvalue weighted by Gasteiger charge is 2.59. The van der Waals surface area contributed by atoms with Gasteiger partial charge in [-0.05, 0) is 15.6 Å². The fourth-order valence-corrected chi connectivity index (χ4v) is 9.49. The Kier molecular flexibility index (Phi) is 5.20. The van der Waals surface area contributed by atoms with Crippen LogP contribution in [0.25, 0.3) is 0 Å². The van der Waals surface area contributed by atoms with Crippen LogP contribution in [-0.2, 0) is 19.0 Å². The Morgan fingerprint density at radius 2 is 1.18 bits per heavy atom. The second kappa shape index (κ2) is 7.64. The third-order valence-electron chi connectivity index (χ3n) is 5.14. The third kappa shape index (κ3) is 3.68. The van der Waals surface area contributed by atoms with E-state index in [2.05, 4.69) is 36.4 Å². The van der Waals surface area contributed by atoms with Gasteiger partial charge in [0.15, 0.2) is 8.07 Å². The summed E-state index contributed by atoms with van der Waals surface area (Å²) in [6.07, 6.45) is 0.822. The maximum Gasteiger partial charge on any atom is 0.264 e. The zero-order valence-electron chi connectivity index (χ0n) is 15.6. The highest BCUT2D eigenvalue weighted by Crippen LogP contribution is 2.32. The van der Waals surface area contributed by atoms with Crippen LogP contribution in [0.5, 0.6) is 0 Å². The molecule has 0 aromatic heterocycles. The van der Waals surface area contributed by atoms with E-state index in [0.717, 1.165) is 6.26 Å². The zero-order valence-corrected chi connectivity index (χ0v) is 17.4. The second-order valence-electron chi connectivity index (χ2n) is 6.99. The van der Waals surface area contributed by atoms with E-state index in [4.69, 9.17) is 8.92 Å². The van der Waals surface area contributed by atoms with Crippen molar-refractivity contribution in [2.45, 2.75) is 11.8 Å². The van der Waals surface area contributed by atoms with E-state index < -0.39 is 18.2 Å². The first-order valence-electron chi connectivity index (χ1n) is 9.18. The van der Waals surface area contributed by atoms with E-state index >= 15 is 0 Å². The van der Waals surface area contributed by atoms with E-state index in [0.29, 0.717) is 0 Å². The quantitative estimate of drug-likeness (QED) is 0.256. The Balaban J connectivity index is 1.86. The molecule has 28 heavy (non-hydrogen) atoms. The summed E-state index contributed by atoms with van der Waals surface area (Å²) in [7, 11) is -6.05. The second-order valence-corrected chi connectivity index (χ2v) is 12.6. The molecule has 4 nitrogen and oxygen atoms in total. The number of hydrogen-bond acceptors (Lipinski definition) is 4. The Labute approximate surface area is 166 Å². The van der Waals surface area contributed by atoms with Crippen molar-refractivity contribution in [2.75, 3.05) is 12.9 Å². The molecule has 0 unspecified atom stereocenters. The van der Waals surface area contributed by atoms with Gasteiger partial charge < -0.3 is 4.74 Å². The van der Waals surface area contributed by atoms with Crippen LogP contribution in [-0.4, -0.2) is 41.2 Å². The first-order valence-corrected chi connectivity index (χ1v) is 13.1. The lowest BCUT2D eigenvalue weighted by atomic mass is 10.3. The molecule has 1 fully saturated rings. The molecule has 3 aromatic rings. The molecule has 1 aliphatic rings. The highest BCUT2D eigenvalue weighted by molar-refractivity contribution is 7.85. The molecule has 2 atom stereocenters. The van der Waals surface area contributed by atoms with Crippen molar-refractivity contribution in [2.24, 2.45) is 0 Å². The number of rotatable bonds is 7. The van der Waals surface area contributed by atoms with Gasteiger partial charge in [-0.3, -0.25) is 4.18 Å². The molecule has 3 aromatic carbocycles. The van der Waals surface area contributed by atoms with Crippen molar-refractivity contribution < 1.29 is 17.3 Å². The summed E-state index contributed by atoms with van der Waals surface area (Å²) in [4.78, 5) is 0. The van der Waals surface area contributed by atoms with Crippen LogP contribution in [0.1, 0.15) is 0 Å². The Hall–Kier alpha value is -2.25. The van der Waals surface area contributed by atoms with Crippen molar-refractivity contribution >= 4 is 33.8 Å². The summed E-state index contributed by atoms with van der Waals surface area (Å²) in [5.41, 5.74) is -0.0959. The summed E-state index contributed by atoms with van der Waals surface area (Å²) < 4.78 is 34.1. The van der Waals surface area contributed by atoms with Gasteiger partial charge in [0.2, 0.25) is 0 Å². The Bertz CT molecular complexity index is 927. The number of ether oxygens (including phenoxy) is 1. The molecule has 1 heterocycles. The molecule has 0 aliphatic carbocycles. The molecule has 6 heteroatoms. The lowest BCUT2D eigenvalue weighted by Gasteiger charge is -2.32. The molecule has 1 aliphatic heterocycles. The fraction of sp³-hybridized carbons (Fsp3) is 0.182. The smallest absolute Gasteiger partial charge is 0.264 e. The lowest BCUT2D eigenvalue weighted by molar-refractivity contribution is 0.268. The van der Waals surface area contributed by atoms with Crippen LogP contribution < -0.4 is 15.6 Å². The largest absolute Gasteiger partial charge is 0.369 e. The molecular weight excluding hydrogens is 388 g/mol. The Morgan fingerprint density at radius 1 is 0.786 bits per heavy atom. The first kappa shape index (κ1) is 19.1. The van der Waals surface area contributed by atoms with E-state index in [9.17, 15) is 8.42 Å². The van der Waals surface area contributed by atoms with Gasteiger partial charge >= 0.3 is 0 Å². The normalized spacial score (nSPS) is 19.3. The fourth-order valence-electron chi connectivity index (χ4n) is 3.94. The van der Waals surface area contributed by atoms with Crippen LogP contribution in [0, 0.1) is 0 Å². The van der Waals surface area contributed by atoms with Crippen LogP contribution in [0.15, 0.2) is 91.0 Å². The number of hydrogen-bond donors (Lipinski definition) is 0. The minimum absolute atomic E-state index is 0.0464. The standard InChI is InChI=1S/C22H22O4SSi/c1-27(23,24)25-17-21-22(26-21)28(18-11-5-2-6-12-18,19-13-7-3-8-14-19)20-15-9-4-10-16-20/h2-16,21-22H,17H2,1H3/t21-,22-/m1/s1. The monoisotopic (exact) mass is 410 g/mol. The van der Waals surface area contributed by atoms with Gasteiger partial charge in [0, 0.05) is 0 Å². The lowest BCUT2D eigenvalue weighted by Crippen LogP contribution is -2.71. The summed E-state index contributed by atoms with van der Waals surface area (Å²) in [5, 5.41) is 3.71. The number of epoxide rings is 1. The molecule has 1 saturated heterocycles. The van der Waals surface area contributed by atoms with Crippen molar-refractivity contribution in [3.63, 3.8) is 0 Å². The van der Waals surface area contributed by atoms with Gasteiger partial charge in [0.25, 0.3) is 10.1 Å². The molecule has 0 bridgehead atoms. The van der Waals surface area contributed by atoms with Crippen LogP contribution in [0.2, 0.25) is 0 Å². The van der Waals surface area contributed by atoms with Crippen molar-refractivity contribution in [1.29, 1.82) is 0 Å². The molecule has 0 amide bonds. The minimum Gasteiger partial charge on any atom is -0.369 e. The summed E-state index contributed by atoms with van der Waals surface area (Å²) >= 11 is 0. The first-order chi connectivity index (χ1) is 13.5.